The fourth-order valence-electron chi connectivity index (χ4n) is 0.971. The van der Waals surface area contributed by atoms with Crippen LogP contribution in [0.1, 0.15) is 6.42 Å². The average molecular weight is 148 g/mol. The van der Waals surface area contributed by atoms with Crippen LogP contribution in [0.2, 0.25) is 0 Å². The van der Waals surface area contributed by atoms with Crippen molar-refractivity contribution in [2.75, 3.05) is 11.9 Å². The summed E-state index contributed by atoms with van der Waals surface area (Å²) in [5.41, 5.74) is 0.824. The van der Waals surface area contributed by atoms with Gasteiger partial charge in [-0.05, 0) is 0 Å². The number of nitrogens with one attached hydrogen (secondary N) is 1. The summed E-state index contributed by atoms with van der Waals surface area (Å²) in [7, 11) is 0. The van der Waals surface area contributed by atoms with Crippen molar-refractivity contribution in [1.82, 2.24) is 9.97 Å². The molecule has 1 aromatic rings. The molecule has 0 aromatic carbocycles. The SMILES string of the molecule is C1=Nc2cncnc2NCC1. The van der Waals surface area contributed by atoms with Crippen LogP contribution in [-0.4, -0.2) is 22.7 Å². The number of aromatic nitrogens is 2. The topological polar surface area (TPSA) is 50.2 Å². The second-order valence-corrected chi connectivity index (χ2v) is 2.28. The van der Waals surface area contributed by atoms with Crippen molar-refractivity contribution >= 4 is 17.7 Å². The van der Waals surface area contributed by atoms with Crippen molar-refractivity contribution < 1.29 is 0 Å². The van der Waals surface area contributed by atoms with E-state index >= 15 is 0 Å². The fourth-order valence-corrected chi connectivity index (χ4v) is 0.971. The number of hydrogen-bond donors (Lipinski definition) is 1. The van der Waals surface area contributed by atoms with E-state index in [4.69, 9.17) is 0 Å². The van der Waals surface area contributed by atoms with Crippen LogP contribution in [-0.2, 0) is 0 Å². The van der Waals surface area contributed by atoms with E-state index in [2.05, 4.69) is 20.3 Å². The number of nitrogens with zero attached hydrogens (tertiary/aromatic N) is 3. The molecule has 56 valence electrons. The highest BCUT2D eigenvalue weighted by Gasteiger charge is 2.02. The van der Waals surface area contributed by atoms with E-state index in [1.165, 1.54) is 6.33 Å². The van der Waals surface area contributed by atoms with Crippen LogP contribution in [0.25, 0.3) is 0 Å². The van der Waals surface area contributed by atoms with E-state index in [0.717, 1.165) is 24.5 Å². The van der Waals surface area contributed by atoms with Gasteiger partial charge in [-0.1, -0.05) is 0 Å². The van der Waals surface area contributed by atoms with Gasteiger partial charge in [0, 0.05) is 19.2 Å². The van der Waals surface area contributed by atoms with Crippen LogP contribution < -0.4 is 5.32 Å². The van der Waals surface area contributed by atoms with Crippen LogP contribution in [0.3, 0.4) is 0 Å². The maximum absolute atomic E-state index is 4.17. The molecule has 0 atom stereocenters. The molecule has 1 aromatic heterocycles. The van der Waals surface area contributed by atoms with Crippen molar-refractivity contribution in [2.45, 2.75) is 6.42 Å². The summed E-state index contributed by atoms with van der Waals surface area (Å²) in [5, 5.41) is 3.15. The predicted octanol–water partition coefficient (Wildman–Crippen LogP) is 0.994. The normalized spacial score (nSPS) is 14.9. The Balaban J connectivity index is 2.45. The van der Waals surface area contributed by atoms with Gasteiger partial charge in [-0.25, -0.2) is 9.97 Å². The van der Waals surface area contributed by atoms with Gasteiger partial charge < -0.3 is 5.32 Å². The summed E-state index contributed by atoms with van der Waals surface area (Å²) in [6.45, 7) is 0.896. The molecule has 4 nitrogen and oxygen atoms in total. The van der Waals surface area contributed by atoms with E-state index in [9.17, 15) is 0 Å². The minimum atomic E-state index is 0.824. The highest BCUT2D eigenvalue weighted by atomic mass is 15.0. The summed E-state index contributed by atoms with van der Waals surface area (Å²) in [4.78, 5) is 12.1. The lowest BCUT2D eigenvalue weighted by atomic mass is 10.4. The zero-order valence-corrected chi connectivity index (χ0v) is 5.99. The van der Waals surface area contributed by atoms with Gasteiger partial charge in [0.1, 0.15) is 12.0 Å². The van der Waals surface area contributed by atoms with Gasteiger partial charge in [0.25, 0.3) is 0 Å². The van der Waals surface area contributed by atoms with E-state index < -0.39 is 0 Å². The number of rotatable bonds is 0. The Labute approximate surface area is 64.4 Å². The molecular weight excluding hydrogens is 140 g/mol. The summed E-state index contributed by atoms with van der Waals surface area (Å²) in [5.74, 6) is 0.828. The molecule has 1 aliphatic heterocycles. The molecule has 4 heteroatoms. The minimum Gasteiger partial charge on any atom is -0.368 e. The Morgan fingerprint density at radius 2 is 2.45 bits per heavy atom. The standard InChI is InChI=1S/C7H8N4/c1-2-9-6-4-8-5-11-7(6)10-3-1/h2,4-5H,1,3H2,(H,8,10,11). The van der Waals surface area contributed by atoms with Gasteiger partial charge in [-0.3, -0.25) is 4.99 Å². The van der Waals surface area contributed by atoms with Crippen LogP contribution >= 0.6 is 0 Å². The first-order chi connectivity index (χ1) is 5.47. The Bertz CT molecular complexity index is 282. The lowest BCUT2D eigenvalue weighted by molar-refractivity contribution is 1.09. The quantitative estimate of drug-likeness (QED) is 0.597. The minimum absolute atomic E-state index is 0.824. The smallest absolute Gasteiger partial charge is 0.155 e. The van der Waals surface area contributed by atoms with Crippen LogP contribution in [0, 0.1) is 0 Å². The molecule has 2 heterocycles. The number of hydrogen-bond acceptors (Lipinski definition) is 4. The predicted molar refractivity (Wildman–Crippen MR) is 43.3 cm³/mol. The molecule has 0 saturated heterocycles. The monoisotopic (exact) mass is 148 g/mol. The van der Waals surface area contributed by atoms with Crippen molar-refractivity contribution in [3.8, 4) is 0 Å². The molecule has 1 aliphatic rings. The second-order valence-electron chi connectivity index (χ2n) is 2.28. The molecule has 0 spiro atoms. The van der Waals surface area contributed by atoms with Gasteiger partial charge in [0.2, 0.25) is 0 Å². The summed E-state index contributed by atoms with van der Waals surface area (Å²) >= 11 is 0. The van der Waals surface area contributed by atoms with Crippen molar-refractivity contribution in [3.63, 3.8) is 0 Å². The fraction of sp³-hybridized carbons (Fsp3) is 0.286. The zero-order chi connectivity index (χ0) is 7.52. The molecule has 0 fully saturated rings. The third-order valence-corrected chi connectivity index (χ3v) is 1.49. The number of anilines is 1. The van der Waals surface area contributed by atoms with E-state index in [1.54, 1.807) is 6.20 Å². The lowest BCUT2D eigenvalue weighted by Gasteiger charge is -2.01. The van der Waals surface area contributed by atoms with Gasteiger partial charge in [0.05, 0.1) is 6.20 Å². The Morgan fingerprint density at radius 3 is 3.45 bits per heavy atom. The molecule has 11 heavy (non-hydrogen) atoms. The first-order valence-corrected chi connectivity index (χ1v) is 3.53. The molecule has 0 aliphatic carbocycles. The molecule has 0 saturated carbocycles. The van der Waals surface area contributed by atoms with Crippen LogP contribution in [0.15, 0.2) is 17.5 Å². The molecular formula is C7H8N4. The first kappa shape index (κ1) is 6.27. The van der Waals surface area contributed by atoms with E-state index in [1.807, 2.05) is 6.21 Å². The third-order valence-electron chi connectivity index (χ3n) is 1.49. The van der Waals surface area contributed by atoms with Gasteiger partial charge >= 0.3 is 0 Å². The van der Waals surface area contributed by atoms with Crippen molar-refractivity contribution in [2.24, 2.45) is 4.99 Å². The van der Waals surface area contributed by atoms with Gasteiger partial charge in [-0.2, -0.15) is 0 Å². The van der Waals surface area contributed by atoms with E-state index in [-0.39, 0.29) is 0 Å². The maximum atomic E-state index is 4.17. The first-order valence-electron chi connectivity index (χ1n) is 3.53. The molecule has 0 amide bonds. The van der Waals surface area contributed by atoms with Crippen molar-refractivity contribution in [3.05, 3.63) is 12.5 Å². The average Bonchev–Trinajstić information content (AvgIpc) is 2.28. The van der Waals surface area contributed by atoms with Crippen molar-refractivity contribution in [1.29, 1.82) is 0 Å². The molecule has 0 unspecified atom stereocenters. The Hall–Kier alpha value is -1.45. The Morgan fingerprint density at radius 1 is 1.45 bits per heavy atom. The van der Waals surface area contributed by atoms with Gasteiger partial charge in [-0.15, -0.1) is 0 Å². The molecule has 2 rings (SSSR count). The molecule has 0 bridgehead atoms. The molecule has 1 N–H and O–H groups in total. The van der Waals surface area contributed by atoms with Crippen LogP contribution in [0.5, 0.6) is 0 Å². The zero-order valence-electron chi connectivity index (χ0n) is 5.99. The lowest BCUT2D eigenvalue weighted by Crippen LogP contribution is -2.01. The van der Waals surface area contributed by atoms with Gasteiger partial charge in [0.15, 0.2) is 5.82 Å². The maximum Gasteiger partial charge on any atom is 0.155 e. The summed E-state index contributed by atoms with van der Waals surface area (Å²) < 4.78 is 0. The molecule has 0 radical (unpaired) electrons. The largest absolute Gasteiger partial charge is 0.368 e. The Kier molecular flexibility index (Phi) is 1.51. The second kappa shape index (κ2) is 2.65. The number of aliphatic imine (C=N–C) groups is 1. The van der Waals surface area contributed by atoms with Crippen LogP contribution in [0.4, 0.5) is 11.5 Å². The van der Waals surface area contributed by atoms with E-state index in [0.29, 0.717) is 0 Å². The summed E-state index contributed by atoms with van der Waals surface area (Å²) in [6, 6.07) is 0. The summed E-state index contributed by atoms with van der Waals surface area (Å²) in [6.07, 6.45) is 6.04. The number of fused-ring (bicyclic) bond motifs is 1. The highest BCUT2D eigenvalue weighted by molar-refractivity contribution is 5.71. The third kappa shape index (κ3) is 1.19. The highest BCUT2D eigenvalue weighted by Crippen LogP contribution is 2.20.